The third-order valence-corrected chi connectivity index (χ3v) is 5.76. The molecule has 6 heteroatoms. The van der Waals surface area contributed by atoms with Crippen LogP contribution in [0.25, 0.3) is 11.0 Å². The molecule has 1 heterocycles. The van der Waals surface area contributed by atoms with Crippen molar-refractivity contribution in [2.45, 2.75) is 39.8 Å². The molecule has 0 saturated carbocycles. The highest BCUT2D eigenvalue weighted by Crippen LogP contribution is 2.20. The lowest BCUT2D eigenvalue weighted by Gasteiger charge is -2.27. The van der Waals surface area contributed by atoms with Gasteiger partial charge in [-0.1, -0.05) is 48.0 Å². The zero-order chi connectivity index (χ0) is 24.1. The number of para-hydroxylation sites is 3. The Bertz CT molecular complexity index is 1290. The summed E-state index contributed by atoms with van der Waals surface area (Å²) in [6, 6.07) is 25.1. The van der Waals surface area contributed by atoms with Crippen molar-refractivity contribution in [3.05, 3.63) is 95.8 Å². The number of nitrogens with zero attached hydrogens (tertiary/aromatic N) is 3. The van der Waals surface area contributed by atoms with Crippen molar-refractivity contribution < 1.29 is 9.59 Å². The average Bonchev–Trinajstić information content (AvgIpc) is 3.16. The van der Waals surface area contributed by atoms with E-state index in [9.17, 15) is 9.59 Å². The molecule has 0 spiro atoms. The maximum atomic E-state index is 13.5. The quantitative estimate of drug-likeness (QED) is 0.417. The van der Waals surface area contributed by atoms with Gasteiger partial charge in [0.15, 0.2) is 0 Å². The minimum absolute atomic E-state index is 0.00519. The molecule has 0 bridgehead atoms. The Morgan fingerprint density at radius 3 is 2.44 bits per heavy atom. The van der Waals surface area contributed by atoms with Gasteiger partial charge in [0.25, 0.3) is 5.91 Å². The Balaban J connectivity index is 1.54. The number of hydrogen-bond donors (Lipinski definition) is 1. The van der Waals surface area contributed by atoms with Gasteiger partial charge in [0.05, 0.1) is 11.0 Å². The van der Waals surface area contributed by atoms with E-state index in [1.165, 1.54) is 0 Å². The molecule has 1 aromatic heterocycles. The molecular formula is C28H30N4O2. The lowest BCUT2D eigenvalue weighted by atomic mass is 10.1. The number of hydrogen-bond acceptors (Lipinski definition) is 3. The standard InChI is InChI=1S/C28H30N4O2/c1-20(2)32(23-12-5-4-6-13-23)27(33)19-31-25-15-8-7-14-24(25)30-26(31)16-17-29-28(34)22-11-9-10-21(3)18-22/h4-15,18,20H,16-17,19H2,1-3H3,(H,29,34). The number of aromatic nitrogens is 2. The smallest absolute Gasteiger partial charge is 0.251 e. The van der Waals surface area contributed by atoms with Gasteiger partial charge < -0.3 is 14.8 Å². The fourth-order valence-electron chi connectivity index (χ4n) is 4.20. The van der Waals surface area contributed by atoms with Gasteiger partial charge in [-0.3, -0.25) is 9.59 Å². The maximum absolute atomic E-state index is 13.5. The summed E-state index contributed by atoms with van der Waals surface area (Å²) >= 11 is 0. The lowest BCUT2D eigenvalue weighted by molar-refractivity contribution is -0.119. The van der Waals surface area contributed by atoms with E-state index in [-0.39, 0.29) is 24.4 Å². The summed E-state index contributed by atoms with van der Waals surface area (Å²) in [6.45, 7) is 6.59. The van der Waals surface area contributed by atoms with Crippen LogP contribution < -0.4 is 10.2 Å². The van der Waals surface area contributed by atoms with E-state index in [2.05, 4.69) is 5.32 Å². The molecule has 0 radical (unpaired) electrons. The fraction of sp³-hybridized carbons (Fsp3) is 0.250. The lowest BCUT2D eigenvalue weighted by Crippen LogP contribution is -2.39. The Labute approximate surface area is 200 Å². The second kappa shape index (κ2) is 10.3. The van der Waals surface area contributed by atoms with E-state index in [4.69, 9.17) is 4.98 Å². The molecule has 2 amide bonds. The summed E-state index contributed by atoms with van der Waals surface area (Å²) in [5, 5.41) is 2.98. The number of carbonyl (C=O) groups is 2. The first-order valence-corrected chi connectivity index (χ1v) is 11.6. The molecule has 0 aliphatic rings. The minimum Gasteiger partial charge on any atom is -0.352 e. The number of benzene rings is 3. The predicted molar refractivity (Wildman–Crippen MR) is 136 cm³/mol. The fourth-order valence-corrected chi connectivity index (χ4v) is 4.20. The molecule has 1 N–H and O–H groups in total. The molecule has 3 aromatic carbocycles. The highest BCUT2D eigenvalue weighted by molar-refractivity contribution is 5.95. The Kier molecular flexibility index (Phi) is 7.07. The zero-order valence-corrected chi connectivity index (χ0v) is 19.9. The SMILES string of the molecule is Cc1cccc(C(=O)NCCc2nc3ccccc3n2CC(=O)N(c2ccccc2)C(C)C)c1. The van der Waals surface area contributed by atoms with E-state index in [1.54, 1.807) is 6.07 Å². The van der Waals surface area contributed by atoms with Gasteiger partial charge in [-0.15, -0.1) is 0 Å². The van der Waals surface area contributed by atoms with E-state index >= 15 is 0 Å². The van der Waals surface area contributed by atoms with Gasteiger partial charge >= 0.3 is 0 Å². The van der Waals surface area contributed by atoms with Crippen LogP contribution in [0.1, 0.15) is 35.6 Å². The topological polar surface area (TPSA) is 67.2 Å². The Hall–Kier alpha value is -3.93. The van der Waals surface area contributed by atoms with Crippen LogP contribution in [0.3, 0.4) is 0 Å². The first-order valence-electron chi connectivity index (χ1n) is 11.6. The summed E-state index contributed by atoms with van der Waals surface area (Å²) in [5.74, 6) is 0.655. The molecule has 6 nitrogen and oxygen atoms in total. The van der Waals surface area contributed by atoms with E-state index in [0.29, 0.717) is 18.5 Å². The highest BCUT2D eigenvalue weighted by atomic mass is 16.2. The minimum atomic E-state index is -0.113. The number of rotatable bonds is 8. The molecule has 0 aliphatic carbocycles. The second-order valence-electron chi connectivity index (χ2n) is 8.67. The van der Waals surface area contributed by atoms with E-state index in [0.717, 1.165) is 28.1 Å². The van der Waals surface area contributed by atoms with Crippen LogP contribution in [-0.2, 0) is 17.8 Å². The van der Waals surface area contributed by atoms with Gasteiger partial charge in [-0.2, -0.15) is 0 Å². The summed E-state index contributed by atoms with van der Waals surface area (Å²) in [7, 11) is 0. The van der Waals surface area contributed by atoms with Crippen LogP contribution in [0.4, 0.5) is 5.69 Å². The Morgan fingerprint density at radius 2 is 1.71 bits per heavy atom. The first-order chi connectivity index (χ1) is 16.4. The van der Waals surface area contributed by atoms with Crippen molar-refractivity contribution in [1.29, 1.82) is 0 Å². The third-order valence-electron chi connectivity index (χ3n) is 5.76. The average molecular weight is 455 g/mol. The number of imidazole rings is 1. The van der Waals surface area contributed by atoms with Gasteiger partial charge in [-0.25, -0.2) is 4.98 Å². The number of carbonyl (C=O) groups excluding carboxylic acids is 2. The number of amides is 2. The molecule has 0 saturated heterocycles. The van der Waals surface area contributed by atoms with Crippen LogP contribution in [-0.4, -0.2) is 34.0 Å². The van der Waals surface area contributed by atoms with E-state index in [1.807, 2.05) is 103 Å². The zero-order valence-electron chi connectivity index (χ0n) is 19.9. The van der Waals surface area contributed by atoms with Gasteiger partial charge in [0.2, 0.25) is 5.91 Å². The van der Waals surface area contributed by atoms with Crippen molar-refractivity contribution in [2.24, 2.45) is 0 Å². The monoisotopic (exact) mass is 454 g/mol. The molecule has 34 heavy (non-hydrogen) atoms. The van der Waals surface area contributed by atoms with Gasteiger partial charge in [0, 0.05) is 30.3 Å². The van der Waals surface area contributed by atoms with Crippen molar-refractivity contribution in [3.8, 4) is 0 Å². The van der Waals surface area contributed by atoms with Crippen LogP contribution in [0.5, 0.6) is 0 Å². The molecule has 174 valence electrons. The Morgan fingerprint density at radius 1 is 0.971 bits per heavy atom. The first kappa shape index (κ1) is 23.2. The predicted octanol–water partition coefficient (Wildman–Crippen LogP) is 4.76. The highest BCUT2D eigenvalue weighted by Gasteiger charge is 2.22. The molecule has 4 aromatic rings. The maximum Gasteiger partial charge on any atom is 0.251 e. The second-order valence-corrected chi connectivity index (χ2v) is 8.67. The third kappa shape index (κ3) is 5.17. The molecule has 0 unspecified atom stereocenters. The van der Waals surface area contributed by atoms with Crippen LogP contribution in [0, 0.1) is 6.92 Å². The number of fused-ring (bicyclic) bond motifs is 1. The van der Waals surface area contributed by atoms with Crippen molar-refractivity contribution in [2.75, 3.05) is 11.4 Å². The largest absolute Gasteiger partial charge is 0.352 e. The van der Waals surface area contributed by atoms with Crippen LogP contribution in [0.15, 0.2) is 78.9 Å². The molecule has 4 rings (SSSR count). The molecule has 0 aliphatic heterocycles. The number of aryl methyl sites for hydroxylation is 1. The van der Waals surface area contributed by atoms with Crippen molar-refractivity contribution >= 4 is 28.5 Å². The van der Waals surface area contributed by atoms with E-state index < -0.39 is 0 Å². The van der Waals surface area contributed by atoms with Crippen LogP contribution in [0.2, 0.25) is 0 Å². The normalized spacial score (nSPS) is 11.1. The number of nitrogens with one attached hydrogen (secondary N) is 1. The van der Waals surface area contributed by atoms with Crippen molar-refractivity contribution in [3.63, 3.8) is 0 Å². The summed E-state index contributed by atoms with van der Waals surface area (Å²) < 4.78 is 1.97. The molecular weight excluding hydrogens is 424 g/mol. The van der Waals surface area contributed by atoms with Crippen LogP contribution >= 0.6 is 0 Å². The van der Waals surface area contributed by atoms with Crippen molar-refractivity contribution in [1.82, 2.24) is 14.9 Å². The summed E-state index contributed by atoms with van der Waals surface area (Å²) in [5.41, 5.74) is 4.30. The number of anilines is 1. The summed E-state index contributed by atoms with van der Waals surface area (Å²) in [6.07, 6.45) is 0.520. The summed E-state index contributed by atoms with van der Waals surface area (Å²) in [4.78, 5) is 32.6. The molecule has 0 fully saturated rings. The molecule has 0 atom stereocenters. The van der Waals surface area contributed by atoms with Gasteiger partial charge in [-0.05, 0) is 57.2 Å². The van der Waals surface area contributed by atoms with Gasteiger partial charge in [0.1, 0.15) is 12.4 Å².